The van der Waals surface area contributed by atoms with E-state index in [1.165, 1.54) is 74.6 Å². The minimum absolute atomic E-state index is 0.232. The average molecular weight is 313 g/mol. The Kier molecular flexibility index (Phi) is 4.41. The first-order chi connectivity index (χ1) is 11.3. The molecule has 0 saturated carbocycles. The van der Waals surface area contributed by atoms with Crippen LogP contribution in [0.2, 0.25) is 0 Å². The minimum Gasteiger partial charge on any atom is -0.385 e. The zero-order valence-electron chi connectivity index (χ0n) is 14.1. The molecule has 2 N–H and O–H groups in total. The van der Waals surface area contributed by atoms with E-state index in [0.29, 0.717) is 0 Å². The van der Waals surface area contributed by atoms with Crippen LogP contribution < -0.4 is 4.90 Å². The van der Waals surface area contributed by atoms with Gasteiger partial charge in [-0.3, -0.25) is 0 Å². The Morgan fingerprint density at radius 2 is 1.78 bits per heavy atom. The van der Waals surface area contributed by atoms with Crippen LogP contribution in [-0.2, 0) is 19.4 Å². The summed E-state index contributed by atoms with van der Waals surface area (Å²) in [7, 11) is 0. The summed E-state index contributed by atoms with van der Waals surface area (Å²) >= 11 is 0. The van der Waals surface area contributed by atoms with Gasteiger partial charge in [0, 0.05) is 16.6 Å². The van der Waals surface area contributed by atoms with Crippen molar-refractivity contribution >= 4 is 10.9 Å². The lowest BCUT2D eigenvalue weighted by Crippen LogP contribution is -3.13. The van der Waals surface area contributed by atoms with E-state index in [-0.39, 0.29) is 6.10 Å². The number of nitrogens with one attached hydrogen (secondary N) is 1. The van der Waals surface area contributed by atoms with Gasteiger partial charge in [0.2, 0.25) is 0 Å². The highest BCUT2D eigenvalue weighted by atomic mass is 16.3. The van der Waals surface area contributed by atoms with Crippen LogP contribution in [0.4, 0.5) is 0 Å². The van der Waals surface area contributed by atoms with Gasteiger partial charge >= 0.3 is 0 Å². The SMILES string of the molecule is OC(Cn1c2c(c3ccccc31)CCCC2)C[NH+]1CCCCC1. The topological polar surface area (TPSA) is 29.6 Å². The molecule has 0 radical (unpaired) electrons. The average Bonchev–Trinajstić information content (AvgIpc) is 2.90. The van der Waals surface area contributed by atoms with Crippen LogP contribution in [0, 0.1) is 0 Å². The van der Waals surface area contributed by atoms with Gasteiger partial charge in [-0.2, -0.15) is 0 Å². The van der Waals surface area contributed by atoms with Crippen molar-refractivity contribution in [3.63, 3.8) is 0 Å². The highest BCUT2D eigenvalue weighted by Crippen LogP contribution is 2.32. The molecule has 2 heterocycles. The van der Waals surface area contributed by atoms with E-state index in [4.69, 9.17) is 0 Å². The van der Waals surface area contributed by atoms with Crippen molar-refractivity contribution in [1.82, 2.24) is 4.57 Å². The summed E-state index contributed by atoms with van der Waals surface area (Å²) in [6, 6.07) is 8.77. The van der Waals surface area contributed by atoms with Crippen LogP contribution in [0.25, 0.3) is 10.9 Å². The molecule has 0 amide bonds. The lowest BCUT2D eigenvalue weighted by Gasteiger charge is -2.26. The highest BCUT2D eigenvalue weighted by Gasteiger charge is 2.23. The van der Waals surface area contributed by atoms with Crippen LogP contribution in [0.5, 0.6) is 0 Å². The van der Waals surface area contributed by atoms with Gasteiger partial charge in [0.15, 0.2) is 0 Å². The minimum atomic E-state index is -0.232. The number of hydrogen-bond donors (Lipinski definition) is 2. The van der Waals surface area contributed by atoms with E-state index in [2.05, 4.69) is 28.8 Å². The van der Waals surface area contributed by atoms with E-state index < -0.39 is 0 Å². The van der Waals surface area contributed by atoms with Crippen LogP contribution in [0.3, 0.4) is 0 Å². The molecule has 1 unspecified atom stereocenters. The second-order valence-electron chi connectivity index (χ2n) is 7.43. The Labute approximate surface area is 138 Å². The van der Waals surface area contributed by atoms with Crippen LogP contribution in [0.1, 0.15) is 43.4 Å². The van der Waals surface area contributed by atoms with Gasteiger partial charge in [-0.1, -0.05) is 18.2 Å². The smallest absolute Gasteiger partial charge is 0.121 e. The van der Waals surface area contributed by atoms with Crippen molar-refractivity contribution < 1.29 is 10.0 Å². The normalized spacial score (nSPS) is 20.6. The maximum Gasteiger partial charge on any atom is 0.121 e. The number of aliphatic hydroxyl groups excluding tert-OH is 1. The van der Waals surface area contributed by atoms with Gasteiger partial charge in [0.25, 0.3) is 0 Å². The maximum atomic E-state index is 10.7. The highest BCUT2D eigenvalue weighted by molar-refractivity contribution is 5.85. The van der Waals surface area contributed by atoms with E-state index in [1.807, 2.05) is 0 Å². The van der Waals surface area contributed by atoms with Gasteiger partial charge in [-0.15, -0.1) is 0 Å². The molecule has 0 bridgehead atoms. The maximum absolute atomic E-state index is 10.7. The van der Waals surface area contributed by atoms with Crippen molar-refractivity contribution in [2.24, 2.45) is 0 Å². The standard InChI is InChI=1S/C20H28N2O/c23-16(14-21-12-6-1-7-13-21)15-22-19-10-4-2-8-17(19)18-9-3-5-11-20(18)22/h2,4,8,10,16,23H,1,3,5-7,9,11-15H2/p+1. The molecule has 1 saturated heterocycles. The number of aliphatic hydroxyl groups is 1. The lowest BCUT2D eigenvalue weighted by molar-refractivity contribution is -0.908. The number of piperidine rings is 1. The zero-order valence-corrected chi connectivity index (χ0v) is 14.1. The number of quaternary nitrogens is 1. The van der Waals surface area contributed by atoms with Crippen molar-refractivity contribution in [2.45, 2.75) is 57.6 Å². The van der Waals surface area contributed by atoms with E-state index in [1.54, 1.807) is 10.5 Å². The monoisotopic (exact) mass is 313 g/mol. The summed E-state index contributed by atoms with van der Waals surface area (Å²) in [4.78, 5) is 1.59. The summed E-state index contributed by atoms with van der Waals surface area (Å²) in [5.41, 5.74) is 4.36. The summed E-state index contributed by atoms with van der Waals surface area (Å²) in [5, 5.41) is 12.1. The van der Waals surface area contributed by atoms with Crippen LogP contribution >= 0.6 is 0 Å². The third kappa shape index (κ3) is 3.05. The molecule has 2 aromatic rings. The number of benzene rings is 1. The number of aromatic nitrogens is 1. The Morgan fingerprint density at radius 3 is 2.65 bits per heavy atom. The molecular weight excluding hydrogens is 284 g/mol. The Bertz CT molecular complexity index is 670. The Balaban J connectivity index is 1.58. The van der Waals surface area contributed by atoms with Gasteiger partial charge < -0.3 is 14.6 Å². The Morgan fingerprint density at radius 1 is 1.00 bits per heavy atom. The summed E-state index contributed by atoms with van der Waals surface area (Å²) in [6.07, 6.45) is 8.76. The molecule has 3 heteroatoms. The van der Waals surface area contributed by atoms with Crippen molar-refractivity contribution in [1.29, 1.82) is 0 Å². The van der Waals surface area contributed by atoms with E-state index in [9.17, 15) is 5.11 Å². The molecule has 3 nitrogen and oxygen atoms in total. The summed E-state index contributed by atoms with van der Waals surface area (Å²) in [5.74, 6) is 0. The molecule has 1 aromatic heterocycles. The third-order valence-corrected chi connectivity index (χ3v) is 5.76. The fourth-order valence-electron chi connectivity index (χ4n) is 4.66. The van der Waals surface area contributed by atoms with Crippen LogP contribution in [0.15, 0.2) is 24.3 Å². The summed E-state index contributed by atoms with van der Waals surface area (Å²) < 4.78 is 2.43. The fourth-order valence-corrected chi connectivity index (χ4v) is 4.66. The first kappa shape index (κ1) is 15.2. The van der Waals surface area contributed by atoms with Gasteiger partial charge in [0.05, 0.1) is 19.6 Å². The number of likely N-dealkylation sites (tertiary alicyclic amines) is 1. The van der Waals surface area contributed by atoms with Crippen molar-refractivity contribution in [3.05, 3.63) is 35.5 Å². The number of para-hydroxylation sites is 1. The zero-order chi connectivity index (χ0) is 15.6. The predicted octanol–water partition coefficient (Wildman–Crippen LogP) is 1.95. The molecule has 0 spiro atoms. The molecular formula is C20H29N2O+. The Hall–Kier alpha value is -1.32. The number of nitrogens with zero attached hydrogens (tertiary/aromatic N) is 1. The first-order valence-corrected chi connectivity index (χ1v) is 9.43. The molecule has 1 aliphatic heterocycles. The lowest BCUT2D eigenvalue weighted by atomic mass is 9.95. The van der Waals surface area contributed by atoms with E-state index >= 15 is 0 Å². The molecule has 1 aromatic carbocycles. The number of rotatable bonds is 4. The first-order valence-electron chi connectivity index (χ1n) is 9.43. The number of hydrogen-bond acceptors (Lipinski definition) is 1. The predicted molar refractivity (Wildman–Crippen MR) is 94.0 cm³/mol. The van der Waals surface area contributed by atoms with Gasteiger partial charge in [-0.05, 0) is 56.6 Å². The van der Waals surface area contributed by atoms with E-state index in [0.717, 1.165) is 13.1 Å². The second kappa shape index (κ2) is 6.66. The summed E-state index contributed by atoms with van der Waals surface area (Å²) in [6.45, 7) is 4.14. The number of fused-ring (bicyclic) bond motifs is 3. The van der Waals surface area contributed by atoms with Crippen molar-refractivity contribution in [2.75, 3.05) is 19.6 Å². The quantitative estimate of drug-likeness (QED) is 0.888. The van der Waals surface area contributed by atoms with Crippen molar-refractivity contribution in [3.8, 4) is 0 Å². The fraction of sp³-hybridized carbons (Fsp3) is 0.600. The molecule has 4 rings (SSSR count). The molecule has 2 aliphatic rings. The molecule has 1 atom stereocenters. The molecule has 23 heavy (non-hydrogen) atoms. The van der Waals surface area contributed by atoms with Gasteiger partial charge in [-0.25, -0.2) is 0 Å². The van der Waals surface area contributed by atoms with Crippen LogP contribution in [-0.4, -0.2) is 35.4 Å². The molecule has 1 fully saturated rings. The number of aryl methyl sites for hydroxylation is 1. The van der Waals surface area contributed by atoms with Gasteiger partial charge in [0.1, 0.15) is 12.6 Å². The molecule has 124 valence electrons. The molecule has 1 aliphatic carbocycles. The third-order valence-electron chi connectivity index (χ3n) is 5.76. The largest absolute Gasteiger partial charge is 0.385 e. The second-order valence-corrected chi connectivity index (χ2v) is 7.43.